The van der Waals surface area contributed by atoms with Crippen LogP contribution in [0.4, 0.5) is 10.3 Å². The average molecular weight is 519 g/mol. The van der Waals surface area contributed by atoms with Crippen molar-refractivity contribution >= 4 is 11.9 Å². The molecule has 0 bridgehead atoms. The van der Waals surface area contributed by atoms with E-state index in [2.05, 4.69) is 58.7 Å². The topological polar surface area (TPSA) is 69.6 Å². The molecule has 1 atom stereocenters. The maximum Gasteiger partial charge on any atom is 0.309 e. The lowest BCUT2D eigenvalue weighted by molar-refractivity contribution is -0.146. The Morgan fingerprint density at radius 2 is 1.79 bits per heavy atom. The van der Waals surface area contributed by atoms with E-state index in [0.29, 0.717) is 18.3 Å². The molecule has 202 valence electrons. The standard InChI is InChI=1S/C31H39FN4O2/c1-21(2)11-28-20-35(19-24-13-22(3)12-23(14-24)16-31(4,5)29(37)38)9-10-36(28)30-33-17-26(18-34-30)25-7-6-8-27(32)15-25/h6-8,12-15,17-18,21,28H,9-11,16,19-20H2,1-5H3,(H,37,38)/t28-/m1/s1. The van der Waals surface area contributed by atoms with Gasteiger partial charge in [0.1, 0.15) is 5.82 Å². The van der Waals surface area contributed by atoms with E-state index in [4.69, 9.17) is 0 Å². The van der Waals surface area contributed by atoms with Crippen molar-refractivity contribution in [2.45, 2.75) is 60.0 Å². The van der Waals surface area contributed by atoms with Crippen molar-refractivity contribution in [3.8, 4) is 11.1 Å². The molecule has 1 fully saturated rings. The molecule has 4 rings (SSSR count). The quantitative estimate of drug-likeness (QED) is 0.376. The molecule has 1 aliphatic heterocycles. The Labute approximate surface area is 225 Å². The molecule has 0 saturated carbocycles. The Hall–Kier alpha value is -3.32. The number of carboxylic acid groups (broad SMARTS) is 1. The van der Waals surface area contributed by atoms with E-state index in [-0.39, 0.29) is 11.9 Å². The SMILES string of the molecule is Cc1cc(CN2CCN(c3ncc(-c4cccc(F)c4)cn3)[C@H](CC(C)C)C2)cc(CC(C)(C)C(=O)O)c1. The van der Waals surface area contributed by atoms with Crippen LogP contribution in [-0.4, -0.2) is 51.6 Å². The van der Waals surface area contributed by atoms with Crippen LogP contribution >= 0.6 is 0 Å². The highest BCUT2D eigenvalue weighted by Crippen LogP contribution is 2.27. The average Bonchev–Trinajstić information content (AvgIpc) is 2.83. The Morgan fingerprint density at radius 3 is 2.45 bits per heavy atom. The summed E-state index contributed by atoms with van der Waals surface area (Å²) in [5, 5.41) is 9.57. The summed E-state index contributed by atoms with van der Waals surface area (Å²) in [6.45, 7) is 13.5. The van der Waals surface area contributed by atoms with Crippen molar-refractivity contribution in [1.29, 1.82) is 0 Å². The van der Waals surface area contributed by atoms with Gasteiger partial charge < -0.3 is 10.0 Å². The van der Waals surface area contributed by atoms with Gasteiger partial charge in [-0.15, -0.1) is 0 Å². The number of aryl methyl sites for hydroxylation is 1. The lowest BCUT2D eigenvalue weighted by atomic mass is 9.85. The molecule has 6 nitrogen and oxygen atoms in total. The van der Waals surface area contributed by atoms with Crippen LogP contribution in [0.15, 0.2) is 54.9 Å². The van der Waals surface area contributed by atoms with Crippen LogP contribution in [0.1, 0.15) is 50.8 Å². The van der Waals surface area contributed by atoms with Gasteiger partial charge in [-0.3, -0.25) is 9.69 Å². The second-order valence-electron chi connectivity index (χ2n) is 11.7. The Bertz CT molecular complexity index is 1260. The van der Waals surface area contributed by atoms with Gasteiger partial charge in [-0.2, -0.15) is 0 Å². The summed E-state index contributed by atoms with van der Waals surface area (Å²) >= 11 is 0. The van der Waals surface area contributed by atoms with E-state index in [1.165, 1.54) is 17.7 Å². The van der Waals surface area contributed by atoms with E-state index < -0.39 is 11.4 Å². The van der Waals surface area contributed by atoms with Crippen molar-refractivity contribution < 1.29 is 14.3 Å². The van der Waals surface area contributed by atoms with Gasteiger partial charge in [0.15, 0.2) is 0 Å². The van der Waals surface area contributed by atoms with Crippen LogP contribution in [0, 0.1) is 24.1 Å². The van der Waals surface area contributed by atoms with Crippen molar-refractivity contribution in [2.75, 3.05) is 24.5 Å². The number of hydrogen-bond donors (Lipinski definition) is 1. The molecule has 0 spiro atoms. The van der Waals surface area contributed by atoms with E-state index in [1.807, 2.05) is 6.07 Å². The smallest absolute Gasteiger partial charge is 0.309 e. The fourth-order valence-electron chi connectivity index (χ4n) is 5.34. The lowest BCUT2D eigenvalue weighted by Gasteiger charge is -2.42. The van der Waals surface area contributed by atoms with E-state index in [9.17, 15) is 14.3 Å². The first kappa shape index (κ1) is 27.7. The largest absolute Gasteiger partial charge is 0.481 e. The summed E-state index contributed by atoms with van der Waals surface area (Å²) in [6.07, 6.45) is 5.09. The number of benzene rings is 2. The number of nitrogens with zero attached hydrogens (tertiary/aromatic N) is 4. The Kier molecular flexibility index (Phi) is 8.46. The van der Waals surface area contributed by atoms with Gasteiger partial charge in [-0.05, 0) is 68.4 Å². The van der Waals surface area contributed by atoms with Crippen LogP contribution in [-0.2, 0) is 17.8 Å². The molecule has 2 aromatic carbocycles. The highest BCUT2D eigenvalue weighted by Gasteiger charge is 2.30. The first-order valence-electron chi connectivity index (χ1n) is 13.4. The Morgan fingerprint density at radius 1 is 1.08 bits per heavy atom. The molecule has 0 unspecified atom stereocenters. The number of hydrogen-bond acceptors (Lipinski definition) is 5. The number of carboxylic acids is 1. The third-order valence-corrected chi connectivity index (χ3v) is 7.19. The van der Waals surface area contributed by atoms with Crippen molar-refractivity contribution in [3.63, 3.8) is 0 Å². The minimum absolute atomic E-state index is 0.272. The molecule has 0 aliphatic carbocycles. The maximum absolute atomic E-state index is 13.7. The van der Waals surface area contributed by atoms with Crippen molar-refractivity contribution in [1.82, 2.24) is 14.9 Å². The van der Waals surface area contributed by atoms with Crippen molar-refractivity contribution in [3.05, 3.63) is 77.4 Å². The van der Waals surface area contributed by atoms with Gasteiger partial charge in [0.2, 0.25) is 5.95 Å². The van der Waals surface area contributed by atoms with Crippen LogP contribution in [0.2, 0.25) is 0 Å². The summed E-state index contributed by atoms with van der Waals surface area (Å²) in [4.78, 5) is 25.8. The molecule has 2 heterocycles. The fraction of sp³-hybridized carbons (Fsp3) is 0.452. The van der Waals surface area contributed by atoms with Crippen LogP contribution in [0.25, 0.3) is 11.1 Å². The van der Waals surface area contributed by atoms with Gasteiger partial charge in [-0.25, -0.2) is 14.4 Å². The normalized spacial score (nSPS) is 16.7. The first-order valence-corrected chi connectivity index (χ1v) is 13.4. The summed E-state index contributed by atoms with van der Waals surface area (Å²) in [5.41, 5.74) is 4.20. The number of aromatic nitrogens is 2. The zero-order valence-electron chi connectivity index (χ0n) is 23.1. The second kappa shape index (κ2) is 11.6. The van der Waals surface area contributed by atoms with E-state index in [0.717, 1.165) is 54.9 Å². The summed E-state index contributed by atoms with van der Waals surface area (Å²) < 4.78 is 13.7. The molecule has 1 saturated heterocycles. The number of aliphatic carboxylic acids is 1. The molecule has 1 N–H and O–H groups in total. The van der Waals surface area contributed by atoms with E-state index >= 15 is 0 Å². The molecule has 1 aromatic heterocycles. The van der Waals surface area contributed by atoms with Gasteiger partial charge >= 0.3 is 5.97 Å². The molecule has 0 amide bonds. The third-order valence-electron chi connectivity index (χ3n) is 7.19. The monoisotopic (exact) mass is 518 g/mol. The second-order valence-corrected chi connectivity index (χ2v) is 11.7. The van der Waals surface area contributed by atoms with Gasteiger partial charge in [0.25, 0.3) is 0 Å². The highest BCUT2D eigenvalue weighted by molar-refractivity contribution is 5.74. The minimum atomic E-state index is -0.802. The predicted molar refractivity (Wildman–Crippen MR) is 150 cm³/mol. The lowest BCUT2D eigenvalue weighted by Crippen LogP contribution is -2.54. The zero-order valence-corrected chi connectivity index (χ0v) is 23.1. The summed E-state index contributed by atoms with van der Waals surface area (Å²) in [5.74, 6) is 0.187. The molecule has 3 aromatic rings. The first-order chi connectivity index (χ1) is 18.0. The number of carbonyl (C=O) groups is 1. The van der Waals surface area contributed by atoms with Gasteiger partial charge in [-0.1, -0.05) is 49.7 Å². The van der Waals surface area contributed by atoms with Gasteiger partial charge in [0, 0.05) is 50.2 Å². The molecule has 7 heteroatoms. The Balaban J connectivity index is 1.48. The maximum atomic E-state index is 13.7. The molecule has 0 radical (unpaired) electrons. The van der Waals surface area contributed by atoms with Gasteiger partial charge in [0.05, 0.1) is 5.41 Å². The highest BCUT2D eigenvalue weighted by atomic mass is 19.1. The molecular formula is C31H39FN4O2. The third kappa shape index (κ3) is 6.95. The summed E-state index contributed by atoms with van der Waals surface area (Å²) in [6, 6.07) is 13.2. The zero-order chi connectivity index (χ0) is 27.4. The number of rotatable bonds is 9. The molecule has 38 heavy (non-hydrogen) atoms. The predicted octanol–water partition coefficient (Wildman–Crippen LogP) is 5.98. The van der Waals surface area contributed by atoms with Crippen LogP contribution < -0.4 is 4.90 Å². The summed E-state index contributed by atoms with van der Waals surface area (Å²) in [7, 11) is 0. The number of piperazine rings is 1. The molecular weight excluding hydrogens is 479 g/mol. The minimum Gasteiger partial charge on any atom is -0.481 e. The van der Waals surface area contributed by atoms with E-state index in [1.54, 1.807) is 32.3 Å². The van der Waals surface area contributed by atoms with Crippen molar-refractivity contribution in [2.24, 2.45) is 11.3 Å². The fourth-order valence-corrected chi connectivity index (χ4v) is 5.34. The molecule has 1 aliphatic rings. The van der Waals surface area contributed by atoms with Crippen LogP contribution in [0.3, 0.4) is 0 Å². The number of anilines is 1. The number of halogens is 1. The van der Waals surface area contributed by atoms with Crippen LogP contribution in [0.5, 0.6) is 0 Å².